The first-order chi connectivity index (χ1) is 9.32. The Morgan fingerprint density at radius 3 is 2.55 bits per heavy atom. The molecule has 9 nitrogen and oxygen atoms in total. The smallest absolute Gasteiger partial charge is 0.244 e. The molecule has 0 aromatic carbocycles. The Morgan fingerprint density at radius 1 is 1.25 bits per heavy atom. The normalized spacial score (nSPS) is 12.3. The average Bonchev–Trinajstić information content (AvgIpc) is 2.38. The van der Waals surface area contributed by atoms with Gasteiger partial charge in [-0.15, -0.1) is 0 Å². The molecule has 0 unspecified atom stereocenters. The number of sulfonamides is 2. The maximum absolute atomic E-state index is 12.0. The van der Waals surface area contributed by atoms with Gasteiger partial charge in [-0.05, 0) is 6.07 Å². The highest BCUT2D eigenvalue weighted by atomic mass is 32.2. The Morgan fingerprint density at radius 2 is 1.95 bits per heavy atom. The van der Waals surface area contributed by atoms with Crippen LogP contribution in [0.4, 0.5) is 5.69 Å². The van der Waals surface area contributed by atoms with Crippen LogP contribution in [0, 0.1) is 0 Å². The minimum absolute atomic E-state index is 0.150. The second-order valence-electron chi connectivity index (χ2n) is 3.73. The maximum Gasteiger partial charge on any atom is 0.244 e. The molecule has 1 rings (SSSR count). The predicted molar refractivity (Wildman–Crippen MR) is 74.7 cm³/mol. The van der Waals surface area contributed by atoms with Crippen molar-refractivity contribution < 1.29 is 16.8 Å². The highest BCUT2D eigenvalue weighted by Gasteiger charge is 2.19. The summed E-state index contributed by atoms with van der Waals surface area (Å²) in [6.07, 6.45) is 2.50. The van der Waals surface area contributed by atoms with E-state index in [4.69, 9.17) is 5.84 Å². The van der Waals surface area contributed by atoms with Crippen molar-refractivity contribution >= 4 is 25.7 Å². The largest absolute Gasteiger partial charge is 0.323 e. The first-order valence-corrected chi connectivity index (χ1v) is 8.83. The number of hydrogen-bond acceptors (Lipinski definition) is 7. The average molecular weight is 323 g/mol. The minimum Gasteiger partial charge on any atom is -0.323 e. The van der Waals surface area contributed by atoms with Crippen molar-refractivity contribution in [3.05, 3.63) is 18.5 Å². The second kappa shape index (κ2) is 6.95. The van der Waals surface area contributed by atoms with Crippen molar-refractivity contribution in [2.75, 3.05) is 24.3 Å². The van der Waals surface area contributed by atoms with Crippen LogP contribution in [0.15, 0.2) is 23.4 Å². The quantitative estimate of drug-likeness (QED) is 0.340. The fraction of sp³-hybridized carbons (Fsp3) is 0.444. The van der Waals surface area contributed by atoms with Gasteiger partial charge in [-0.1, -0.05) is 6.92 Å². The molecule has 0 fully saturated rings. The number of nitrogens with two attached hydrogens (primary N) is 1. The lowest BCUT2D eigenvalue weighted by molar-refractivity contribution is 0.576. The molecule has 0 bridgehead atoms. The van der Waals surface area contributed by atoms with Crippen molar-refractivity contribution in [2.45, 2.75) is 11.8 Å². The molecule has 0 saturated carbocycles. The van der Waals surface area contributed by atoms with E-state index in [0.29, 0.717) is 0 Å². The van der Waals surface area contributed by atoms with E-state index in [0.717, 1.165) is 6.20 Å². The van der Waals surface area contributed by atoms with Gasteiger partial charge in [0.15, 0.2) is 0 Å². The van der Waals surface area contributed by atoms with E-state index in [-0.39, 0.29) is 29.4 Å². The lowest BCUT2D eigenvalue weighted by Crippen LogP contribution is -2.34. The molecule has 1 aromatic heterocycles. The Kier molecular flexibility index (Phi) is 5.83. The Labute approximate surface area is 118 Å². The Bertz CT molecular complexity index is 644. The standard InChI is InChI=1S/C9H17N5O4S2/c1-2-12-19(15,16)6-5-13-20(17,18)9-7-11-4-3-8(9)14-10/h3-4,7,12-13H,2,5-6,10H2,1H3,(H,11,14). The molecule has 0 aliphatic heterocycles. The summed E-state index contributed by atoms with van der Waals surface area (Å²) in [6, 6.07) is 1.39. The molecular weight excluding hydrogens is 306 g/mol. The zero-order valence-corrected chi connectivity index (χ0v) is 12.5. The van der Waals surface area contributed by atoms with Crippen LogP contribution in [0.25, 0.3) is 0 Å². The van der Waals surface area contributed by atoms with Gasteiger partial charge in [0.2, 0.25) is 20.0 Å². The number of pyridine rings is 1. The topological polar surface area (TPSA) is 143 Å². The summed E-state index contributed by atoms with van der Waals surface area (Å²) in [7, 11) is -7.37. The van der Waals surface area contributed by atoms with Crippen molar-refractivity contribution in [3.63, 3.8) is 0 Å². The van der Waals surface area contributed by atoms with E-state index >= 15 is 0 Å². The van der Waals surface area contributed by atoms with E-state index in [1.165, 1.54) is 12.3 Å². The second-order valence-corrected chi connectivity index (χ2v) is 7.39. The molecule has 0 radical (unpaired) electrons. The maximum atomic E-state index is 12.0. The van der Waals surface area contributed by atoms with Crippen LogP contribution in [-0.4, -0.2) is 40.7 Å². The Balaban J connectivity index is 2.77. The van der Waals surface area contributed by atoms with Crippen LogP contribution in [0.2, 0.25) is 0 Å². The summed E-state index contributed by atoms with van der Waals surface area (Å²) in [4.78, 5) is 3.55. The fourth-order valence-corrected chi connectivity index (χ4v) is 3.62. The number of nitrogens with zero attached hydrogens (tertiary/aromatic N) is 1. The zero-order valence-electron chi connectivity index (χ0n) is 10.8. The van der Waals surface area contributed by atoms with Crippen LogP contribution in [0.3, 0.4) is 0 Å². The first-order valence-electron chi connectivity index (χ1n) is 5.70. The molecule has 114 valence electrons. The van der Waals surface area contributed by atoms with Crippen LogP contribution in [0.1, 0.15) is 6.92 Å². The third-order valence-corrected chi connectivity index (χ3v) is 5.22. The molecule has 20 heavy (non-hydrogen) atoms. The van der Waals surface area contributed by atoms with Gasteiger partial charge in [0, 0.05) is 25.5 Å². The highest BCUT2D eigenvalue weighted by molar-refractivity contribution is 7.90. The van der Waals surface area contributed by atoms with Gasteiger partial charge in [0.1, 0.15) is 4.90 Å². The lowest BCUT2D eigenvalue weighted by Gasteiger charge is -2.10. The highest BCUT2D eigenvalue weighted by Crippen LogP contribution is 2.17. The number of anilines is 1. The van der Waals surface area contributed by atoms with E-state index in [1.807, 2.05) is 0 Å². The summed E-state index contributed by atoms with van der Waals surface area (Å²) in [5.41, 5.74) is 2.41. The zero-order chi connectivity index (χ0) is 15.2. The van der Waals surface area contributed by atoms with Gasteiger partial charge in [-0.25, -0.2) is 26.3 Å². The van der Waals surface area contributed by atoms with Gasteiger partial charge >= 0.3 is 0 Å². The monoisotopic (exact) mass is 323 g/mol. The Hall–Kier alpha value is -1.27. The number of hydrogen-bond donors (Lipinski definition) is 4. The van der Waals surface area contributed by atoms with E-state index in [9.17, 15) is 16.8 Å². The van der Waals surface area contributed by atoms with Crippen LogP contribution in [-0.2, 0) is 20.0 Å². The van der Waals surface area contributed by atoms with Crippen molar-refractivity contribution in [2.24, 2.45) is 5.84 Å². The molecule has 0 aliphatic rings. The molecule has 0 saturated heterocycles. The molecule has 0 aliphatic carbocycles. The molecule has 11 heteroatoms. The third-order valence-electron chi connectivity index (χ3n) is 2.26. The minimum atomic E-state index is -3.89. The van der Waals surface area contributed by atoms with E-state index in [1.54, 1.807) is 6.92 Å². The molecule has 0 amide bonds. The fourth-order valence-electron chi connectivity index (χ4n) is 1.39. The summed E-state index contributed by atoms with van der Waals surface area (Å²) >= 11 is 0. The van der Waals surface area contributed by atoms with Crippen molar-refractivity contribution in [1.29, 1.82) is 0 Å². The summed E-state index contributed by atoms with van der Waals surface area (Å²) in [5.74, 6) is 4.85. The summed E-state index contributed by atoms with van der Waals surface area (Å²) in [5, 5.41) is 0. The molecule has 1 aromatic rings. The van der Waals surface area contributed by atoms with Crippen molar-refractivity contribution in [1.82, 2.24) is 14.4 Å². The number of nitrogens with one attached hydrogen (secondary N) is 3. The van der Waals surface area contributed by atoms with Crippen LogP contribution < -0.4 is 20.7 Å². The SMILES string of the molecule is CCNS(=O)(=O)CCNS(=O)(=O)c1cnccc1NN. The van der Waals surface area contributed by atoms with Gasteiger partial charge in [0.05, 0.1) is 11.4 Å². The number of aromatic nitrogens is 1. The van der Waals surface area contributed by atoms with E-state index in [2.05, 4.69) is 19.9 Å². The van der Waals surface area contributed by atoms with Crippen molar-refractivity contribution in [3.8, 4) is 0 Å². The molecule has 0 atom stereocenters. The number of rotatable bonds is 8. The van der Waals surface area contributed by atoms with Crippen LogP contribution in [0.5, 0.6) is 0 Å². The van der Waals surface area contributed by atoms with Crippen LogP contribution >= 0.6 is 0 Å². The van der Waals surface area contributed by atoms with Gasteiger partial charge in [0.25, 0.3) is 0 Å². The molecule has 5 N–H and O–H groups in total. The van der Waals surface area contributed by atoms with E-state index < -0.39 is 20.0 Å². The predicted octanol–water partition coefficient (Wildman–Crippen LogP) is -1.42. The molecular formula is C9H17N5O4S2. The molecule has 1 heterocycles. The number of hydrazine groups is 1. The van der Waals surface area contributed by atoms with Gasteiger partial charge in [-0.2, -0.15) is 0 Å². The first kappa shape index (κ1) is 16.8. The summed E-state index contributed by atoms with van der Waals surface area (Å²) < 4.78 is 51.2. The summed E-state index contributed by atoms with van der Waals surface area (Å²) in [6.45, 7) is 1.63. The molecule has 0 spiro atoms. The number of nitrogen functional groups attached to an aromatic ring is 1. The van der Waals surface area contributed by atoms with Gasteiger partial charge < -0.3 is 5.43 Å². The third kappa shape index (κ3) is 4.68. The van der Waals surface area contributed by atoms with Gasteiger partial charge in [-0.3, -0.25) is 10.8 Å². The lowest BCUT2D eigenvalue weighted by atomic mass is 10.4.